The highest BCUT2D eigenvalue weighted by Gasteiger charge is 2.30. The SMILES string of the molecule is COc1cc([C@H]2NC(=S)NC(C)=C2C(=O)Nc2ccccc2Cl)ccc1OCC#N. The fourth-order valence-corrected chi connectivity index (χ4v) is 3.54. The van der Waals surface area contributed by atoms with Gasteiger partial charge in [-0.3, -0.25) is 4.79 Å². The van der Waals surface area contributed by atoms with Gasteiger partial charge in [-0.15, -0.1) is 0 Å². The molecule has 3 N–H and O–H groups in total. The Morgan fingerprint density at radius 2 is 2.07 bits per heavy atom. The Hall–Kier alpha value is -3.28. The lowest BCUT2D eigenvalue weighted by Gasteiger charge is -2.30. The maximum absolute atomic E-state index is 13.1. The van der Waals surface area contributed by atoms with Crippen LogP contribution >= 0.6 is 23.8 Å². The Bertz CT molecular complexity index is 1060. The number of carbonyl (C=O) groups excluding carboxylic acids is 1. The molecule has 7 nitrogen and oxygen atoms in total. The summed E-state index contributed by atoms with van der Waals surface area (Å²) in [6, 6.07) is 13.6. The van der Waals surface area contributed by atoms with Gasteiger partial charge in [0.25, 0.3) is 5.91 Å². The number of nitrogens with one attached hydrogen (secondary N) is 3. The van der Waals surface area contributed by atoms with Crippen molar-refractivity contribution in [3.63, 3.8) is 0 Å². The van der Waals surface area contributed by atoms with Crippen molar-refractivity contribution in [3.8, 4) is 17.6 Å². The van der Waals surface area contributed by atoms with E-state index in [1.807, 2.05) is 6.07 Å². The minimum absolute atomic E-state index is 0.101. The summed E-state index contributed by atoms with van der Waals surface area (Å²) in [6.07, 6.45) is 0. The molecular weight excluding hydrogens is 424 g/mol. The van der Waals surface area contributed by atoms with Gasteiger partial charge < -0.3 is 25.4 Å². The third-order valence-electron chi connectivity index (χ3n) is 4.45. The summed E-state index contributed by atoms with van der Waals surface area (Å²) in [4.78, 5) is 13.1. The molecule has 0 bridgehead atoms. The van der Waals surface area contributed by atoms with Gasteiger partial charge in [0.2, 0.25) is 0 Å². The predicted molar refractivity (Wildman–Crippen MR) is 118 cm³/mol. The van der Waals surface area contributed by atoms with Crippen LogP contribution in [0.5, 0.6) is 11.5 Å². The average Bonchev–Trinajstić information content (AvgIpc) is 2.73. The largest absolute Gasteiger partial charge is 0.493 e. The van der Waals surface area contributed by atoms with E-state index in [-0.39, 0.29) is 12.5 Å². The van der Waals surface area contributed by atoms with E-state index in [0.29, 0.717) is 38.6 Å². The first-order chi connectivity index (χ1) is 14.4. The first kappa shape index (κ1) is 21.4. The van der Waals surface area contributed by atoms with Crippen LogP contribution in [0.1, 0.15) is 18.5 Å². The van der Waals surface area contributed by atoms with Gasteiger partial charge in [-0.25, -0.2) is 0 Å². The van der Waals surface area contributed by atoms with Crippen molar-refractivity contribution in [2.45, 2.75) is 13.0 Å². The van der Waals surface area contributed by atoms with Crippen LogP contribution < -0.4 is 25.4 Å². The molecule has 30 heavy (non-hydrogen) atoms. The molecule has 2 aromatic carbocycles. The minimum atomic E-state index is -0.528. The van der Waals surface area contributed by atoms with Gasteiger partial charge in [0.05, 0.1) is 29.4 Å². The van der Waals surface area contributed by atoms with Gasteiger partial charge >= 0.3 is 0 Å². The number of nitrogens with zero attached hydrogens (tertiary/aromatic N) is 1. The van der Waals surface area contributed by atoms with Crippen LogP contribution in [0, 0.1) is 11.3 Å². The maximum atomic E-state index is 13.1. The van der Waals surface area contributed by atoms with Crippen LogP contribution in [0.25, 0.3) is 0 Å². The Morgan fingerprint density at radius 1 is 1.30 bits per heavy atom. The number of nitriles is 1. The Balaban J connectivity index is 1.96. The van der Waals surface area contributed by atoms with Crippen LogP contribution in [0.15, 0.2) is 53.7 Å². The highest BCUT2D eigenvalue weighted by Crippen LogP contribution is 2.35. The van der Waals surface area contributed by atoms with Crippen molar-refractivity contribution in [3.05, 3.63) is 64.3 Å². The van der Waals surface area contributed by atoms with Gasteiger partial charge in [0, 0.05) is 5.70 Å². The van der Waals surface area contributed by atoms with Gasteiger partial charge in [0.1, 0.15) is 6.07 Å². The van der Waals surface area contributed by atoms with Gasteiger partial charge in [-0.1, -0.05) is 29.8 Å². The molecule has 0 fully saturated rings. The lowest BCUT2D eigenvalue weighted by Crippen LogP contribution is -2.45. The van der Waals surface area contributed by atoms with E-state index in [1.54, 1.807) is 49.4 Å². The van der Waals surface area contributed by atoms with Crippen molar-refractivity contribution in [1.29, 1.82) is 5.26 Å². The number of hydrogen-bond donors (Lipinski definition) is 3. The molecule has 1 aliphatic heterocycles. The van der Waals surface area contributed by atoms with E-state index < -0.39 is 6.04 Å². The lowest BCUT2D eigenvalue weighted by atomic mass is 9.94. The molecule has 9 heteroatoms. The van der Waals surface area contributed by atoms with Gasteiger partial charge in [0.15, 0.2) is 23.2 Å². The zero-order chi connectivity index (χ0) is 21.7. The van der Waals surface area contributed by atoms with E-state index in [9.17, 15) is 4.79 Å². The predicted octanol–water partition coefficient (Wildman–Crippen LogP) is 3.68. The van der Waals surface area contributed by atoms with Crippen molar-refractivity contribution in [2.24, 2.45) is 0 Å². The zero-order valence-electron chi connectivity index (χ0n) is 16.3. The second-order valence-corrected chi connectivity index (χ2v) is 7.18. The number of ether oxygens (including phenoxy) is 2. The minimum Gasteiger partial charge on any atom is -0.493 e. The van der Waals surface area contributed by atoms with Crippen LogP contribution in [-0.4, -0.2) is 24.7 Å². The maximum Gasteiger partial charge on any atom is 0.255 e. The first-order valence-electron chi connectivity index (χ1n) is 8.96. The molecule has 1 aliphatic rings. The number of anilines is 1. The fraction of sp³-hybridized carbons (Fsp3) is 0.190. The average molecular weight is 443 g/mol. The molecule has 3 rings (SSSR count). The number of allylic oxidation sites excluding steroid dienone is 1. The van der Waals surface area contributed by atoms with E-state index >= 15 is 0 Å². The number of methoxy groups -OCH3 is 1. The van der Waals surface area contributed by atoms with Crippen LogP contribution in [-0.2, 0) is 4.79 Å². The molecular formula is C21H19ClN4O3S. The standard InChI is InChI=1S/C21H19ClN4O3S/c1-12-18(20(27)25-15-6-4-3-5-14(15)22)19(26-21(30)24-12)13-7-8-16(29-10-9-23)17(11-13)28-2/h3-8,11,19H,10H2,1-2H3,(H,25,27)(H2,24,26,30)/t19-/m1/s1. The normalized spacial score (nSPS) is 15.5. The molecule has 1 atom stereocenters. The third kappa shape index (κ3) is 4.64. The number of benzene rings is 2. The van der Waals surface area contributed by atoms with Crippen molar-refractivity contribution in [1.82, 2.24) is 10.6 Å². The summed E-state index contributed by atoms with van der Waals surface area (Å²) in [5, 5.41) is 18.5. The van der Waals surface area contributed by atoms with Crippen LogP contribution in [0.2, 0.25) is 5.02 Å². The third-order valence-corrected chi connectivity index (χ3v) is 5.00. The van der Waals surface area contributed by atoms with E-state index in [4.69, 9.17) is 38.6 Å². The second kappa shape index (κ2) is 9.48. The van der Waals surface area contributed by atoms with Crippen molar-refractivity contribution >= 4 is 40.5 Å². The highest BCUT2D eigenvalue weighted by atomic mass is 35.5. The number of para-hydroxylation sites is 1. The molecule has 0 saturated carbocycles. The Labute approximate surface area is 184 Å². The molecule has 0 aliphatic carbocycles. The van der Waals surface area contributed by atoms with Crippen molar-refractivity contribution < 1.29 is 14.3 Å². The number of carbonyl (C=O) groups is 1. The summed E-state index contributed by atoms with van der Waals surface area (Å²) in [5.41, 5.74) is 2.33. The number of rotatable bonds is 6. The highest BCUT2D eigenvalue weighted by molar-refractivity contribution is 7.80. The number of thiocarbonyl (C=S) groups is 1. The molecule has 2 aromatic rings. The number of hydrogen-bond acceptors (Lipinski definition) is 5. The number of amides is 1. The molecule has 154 valence electrons. The summed E-state index contributed by atoms with van der Waals surface area (Å²) < 4.78 is 10.8. The van der Waals surface area contributed by atoms with Gasteiger partial charge in [-0.2, -0.15) is 5.26 Å². The Morgan fingerprint density at radius 3 is 2.77 bits per heavy atom. The zero-order valence-corrected chi connectivity index (χ0v) is 17.9. The molecule has 0 spiro atoms. The molecule has 1 amide bonds. The van der Waals surface area contributed by atoms with Crippen LogP contribution in [0.3, 0.4) is 0 Å². The molecule has 1 heterocycles. The van der Waals surface area contributed by atoms with E-state index in [1.165, 1.54) is 7.11 Å². The molecule has 0 unspecified atom stereocenters. The Kier molecular flexibility index (Phi) is 6.77. The summed E-state index contributed by atoms with van der Waals surface area (Å²) in [5.74, 6) is 0.552. The first-order valence-corrected chi connectivity index (χ1v) is 9.75. The molecule has 0 aromatic heterocycles. The second-order valence-electron chi connectivity index (χ2n) is 6.36. The van der Waals surface area contributed by atoms with Crippen LogP contribution in [0.4, 0.5) is 5.69 Å². The van der Waals surface area contributed by atoms with Crippen molar-refractivity contribution in [2.75, 3.05) is 19.0 Å². The molecule has 0 radical (unpaired) electrons. The fourth-order valence-electron chi connectivity index (χ4n) is 3.09. The summed E-state index contributed by atoms with van der Waals surface area (Å²) in [7, 11) is 1.50. The van der Waals surface area contributed by atoms with Gasteiger partial charge in [-0.05, 0) is 49.0 Å². The van der Waals surface area contributed by atoms with E-state index in [0.717, 1.165) is 5.56 Å². The summed E-state index contributed by atoms with van der Waals surface area (Å²) in [6.45, 7) is 1.68. The smallest absolute Gasteiger partial charge is 0.255 e. The van der Waals surface area contributed by atoms with E-state index in [2.05, 4.69) is 16.0 Å². The molecule has 0 saturated heterocycles. The lowest BCUT2D eigenvalue weighted by molar-refractivity contribution is -0.113. The quantitative estimate of drug-likeness (QED) is 0.587. The number of halogens is 1. The monoisotopic (exact) mass is 442 g/mol. The summed E-state index contributed by atoms with van der Waals surface area (Å²) >= 11 is 11.5. The topological polar surface area (TPSA) is 95.4 Å².